The van der Waals surface area contributed by atoms with Crippen LogP contribution in [0.25, 0.3) is 0 Å². The van der Waals surface area contributed by atoms with Crippen LogP contribution in [0.15, 0.2) is 35.2 Å². The summed E-state index contributed by atoms with van der Waals surface area (Å²) in [4.78, 5) is 24.7. The largest absolute Gasteiger partial charge is 0.356 e. The molecule has 0 aromatic heterocycles. The number of halogens is 1. The molecule has 0 spiro atoms. The zero-order valence-corrected chi connectivity index (χ0v) is 15.0. The molecule has 1 heterocycles. The number of hydrogen-bond donors (Lipinski definition) is 3. The summed E-state index contributed by atoms with van der Waals surface area (Å²) >= 11 is 1.36. The molecule has 2 rings (SSSR count). The van der Waals surface area contributed by atoms with E-state index in [1.807, 2.05) is 6.08 Å². The van der Waals surface area contributed by atoms with Gasteiger partial charge in [0.2, 0.25) is 0 Å². The Bertz CT molecular complexity index is 667. The van der Waals surface area contributed by atoms with Crippen molar-refractivity contribution in [3.8, 4) is 0 Å². The molecule has 7 heteroatoms. The zero-order valence-electron chi connectivity index (χ0n) is 14.2. The molecule has 1 unspecified atom stereocenters. The van der Waals surface area contributed by atoms with Gasteiger partial charge in [0.1, 0.15) is 5.82 Å². The van der Waals surface area contributed by atoms with Crippen LogP contribution in [0.5, 0.6) is 0 Å². The summed E-state index contributed by atoms with van der Waals surface area (Å²) in [6.07, 6.45) is 2.39. The molecule has 0 saturated heterocycles. The van der Waals surface area contributed by atoms with Crippen molar-refractivity contribution in [1.29, 1.82) is 0 Å². The summed E-state index contributed by atoms with van der Waals surface area (Å²) in [5.74, 6) is -0.648. The van der Waals surface area contributed by atoms with Gasteiger partial charge >= 0.3 is 6.03 Å². The summed E-state index contributed by atoms with van der Waals surface area (Å²) in [7, 11) is 1.54. The first kappa shape index (κ1) is 18.3. The summed E-state index contributed by atoms with van der Waals surface area (Å²) in [5, 5.41) is 7.99. The molecule has 1 aliphatic heterocycles. The van der Waals surface area contributed by atoms with E-state index >= 15 is 0 Å². The number of amides is 3. The van der Waals surface area contributed by atoms with E-state index in [1.54, 1.807) is 7.05 Å². The third kappa shape index (κ3) is 4.08. The summed E-state index contributed by atoms with van der Waals surface area (Å²) < 4.78 is 12.9. The lowest BCUT2D eigenvalue weighted by Crippen LogP contribution is -2.55. The highest BCUT2D eigenvalue weighted by atomic mass is 32.2. The van der Waals surface area contributed by atoms with Gasteiger partial charge in [-0.15, -0.1) is 0 Å². The van der Waals surface area contributed by atoms with Crippen molar-refractivity contribution in [2.75, 3.05) is 12.4 Å². The Morgan fingerprint density at radius 2 is 1.83 bits per heavy atom. The maximum absolute atomic E-state index is 12.9. The predicted molar refractivity (Wildman–Crippen MR) is 95.1 cm³/mol. The standard InChI is InChI=1S/C17H22FN3O2S/c1-16(2,3)13-9-10-17(24-13,14(22)19-4)21-15(23)20-12-7-5-11(18)6-8-12/h5-9H,10H2,1-4H3,(H,19,22)(H2,20,21,23). The average molecular weight is 351 g/mol. The molecule has 0 saturated carbocycles. The molecule has 5 nitrogen and oxygen atoms in total. The van der Waals surface area contributed by atoms with Crippen molar-refractivity contribution in [3.63, 3.8) is 0 Å². The van der Waals surface area contributed by atoms with Crippen molar-refractivity contribution < 1.29 is 14.0 Å². The number of likely N-dealkylation sites (N-methyl/N-ethyl adjacent to an activating group) is 1. The summed E-state index contributed by atoms with van der Waals surface area (Å²) in [6.45, 7) is 6.18. The number of thioether (sulfide) groups is 1. The number of allylic oxidation sites excluding steroid dienone is 1. The number of carbonyl (C=O) groups excluding carboxylic acids is 2. The van der Waals surface area contributed by atoms with Crippen molar-refractivity contribution in [2.45, 2.75) is 32.1 Å². The van der Waals surface area contributed by atoms with Crippen LogP contribution >= 0.6 is 11.8 Å². The molecule has 1 atom stereocenters. The maximum atomic E-state index is 12.9. The highest BCUT2D eigenvalue weighted by molar-refractivity contribution is 8.05. The Labute approximate surface area is 145 Å². The molecular weight excluding hydrogens is 329 g/mol. The van der Waals surface area contributed by atoms with Gasteiger partial charge < -0.3 is 16.0 Å². The van der Waals surface area contributed by atoms with Crippen LogP contribution in [0, 0.1) is 11.2 Å². The lowest BCUT2D eigenvalue weighted by atomic mass is 9.95. The molecule has 1 aromatic rings. The average Bonchev–Trinajstić information content (AvgIpc) is 2.94. The van der Waals surface area contributed by atoms with E-state index in [4.69, 9.17) is 0 Å². The minimum atomic E-state index is -1.08. The molecule has 0 bridgehead atoms. The molecule has 0 radical (unpaired) electrons. The van der Waals surface area contributed by atoms with Gasteiger partial charge in [-0.05, 0) is 34.6 Å². The fourth-order valence-electron chi connectivity index (χ4n) is 2.32. The molecule has 24 heavy (non-hydrogen) atoms. The van der Waals surface area contributed by atoms with Crippen LogP contribution < -0.4 is 16.0 Å². The lowest BCUT2D eigenvalue weighted by molar-refractivity contribution is -0.123. The summed E-state index contributed by atoms with van der Waals surface area (Å²) in [6, 6.07) is 4.92. The monoisotopic (exact) mass is 351 g/mol. The van der Waals surface area contributed by atoms with Gasteiger partial charge in [-0.2, -0.15) is 0 Å². The molecule has 0 fully saturated rings. The number of urea groups is 1. The highest BCUT2D eigenvalue weighted by Gasteiger charge is 2.45. The van der Waals surface area contributed by atoms with Gasteiger partial charge in [0, 0.05) is 19.2 Å². The molecule has 3 amide bonds. The van der Waals surface area contributed by atoms with Gasteiger partial charge in [0.15, 0.2) is 4.87 Å². The second-order valence-corrected chi connectivity index (χ2v) is 7.96. The lowest BCUT2D eigenvalue weighted by Gasteiger charge is -2.30. The van der Waals surface area contributed by atoms with Crippen LogP contribution in [0.2, 0.25) is 0 Å². The van der Waals surface area contributed by atoms with Crippen molar-refractivity contribution in [3.05, 3.63) is 41.1 Å². The fourth-order valence-corrected chi connectivity index (χ4v) is 3.67. The van der Waals surface area contributed by atoms with E-state index in [2.05, 4.69) is 36.7 Å². The van der Waals surface area contributed by atoms with E-state index < -0.39 is 10.9 Å². The first-order valence-corrected chi connectivity index (χ1v) is 8.44. The molecule has 130 valence electrons. The Morgan fingerprint density at radius 1 is 1.21 bits per heavy atom. The van der Waals surface area contributed by atoms with Crippen LogP contribution in [-0.4, -0.2) is 23.9 Å². The normalized spacial score (nSPS) is 20.3. The van der Waals surface area contributed by atoms with E-state index in [-0.39, 0.29) is 17.1 Å². The predicted octanol–water partition coefficient (Wildman–Crippen LogP) is 3.46. The number of rotatable bonds is 3. The Kier molecular flexibility index (Phi) is 5.22. The maximum Gasteiger partial charge on any atom is 0.320 e. The smallest absolute Gasteiger partial charge is 0.320 e. The van der Waals surface area contributed by atoms with E-state index in [0.717, 1.165) is 4.91 Å². The number of anilines is 1. The third-order valence-corrected chi connectivity index (χ3v) is 5.41. The second kappa shape index (κ2) is 6.84. The van der Waals surface area contributed by atoms with Crippen molar-refractivity contribution in [1.82, 2.24) is 10.6 Å². The summed E-state index contributed by atoms with van der Waals surface area (Å²) in [5.41, 5.74) is 0.350. The van der Waals surface area contributed by atoms with Gasteiger partial charge in [-0.3, -0.25) is 4.79 Å². The Hall–Kier alpha value is -2.02. The van der Waals surface area contributed by atoms with Crippen molar-refractivity contribution in [2.24, 2.45) is 5.41 Å². The zero-order chi connectivity index (χ0) is 18.0. The van der Waals surface area contributed by atoms with Gasteiger partial charge in [0.25, 0.3) is 5.91 Å². The topological polar surface area (TPSA) is 70.2 Å². The van der Waals surface area contributed by atoms with Crippen LogP contribution in [0.1, 0.15) is 27.2 Å². The Morgan fingerprint density at radius 3 is 2.33 bits per heavy atom. The minimum Gasteiger partial charge on any atom is -0.356 e. The molecular formula is C17H22FN3O2S. The highest BCUT2D eigenvalue weighted by Crippen LogP contribution is 2.48. The molecule has 3 N–H and O–H groups in total. The fraction of sp³-hybridized carbons (Fsp3) is 0.412. The number of carbonyl (C=O) groups is 2. The van der Waals surface area contributed by atoms with E-state index in [1.165, 1.54) is 36.0 Å². The molecule has 1 aromatic carbocycles. The van der Waals surface area contributed by atoms with Crippen LogP contribution in [-0.2, 0) is 4.79 Å². The van der Waals surface area contributed by atoms with Crippen LogP contribution in [0.4, 0.5) is 14.9 Å². The van der Waals surface area contributed by atoms with E-state index in [9.17, 15) is 14.0 Å². The quantitative estimate of drug-likeness (QED) is 0.781. The first-order chi connectivity index (χ1) is 11.2. The number of hydrogen-bond acceptors (Lipinski definition) is 3. The van der Waals surface area contributed by atoms with Crippen LogP contribution in [0.3, 0.4) is 0 Å². The number of nitrogens with one attached hydrogen (secondary N) is 3. The van der Waals surface area contributed by atoms with Gasteiger partial charge in [-0.25, -0.2) is 9.18 Å². The van der Waals surface area contributed by atoms with Crippen molar-refractivity contribution >= 4 is 29.4 Å². The second-order valence-electron chi connectivity index (χ2n) is 6.62. The van der Waals surface area contributed by atoms with Gasteiger partial charge in [0.05, 0.1) is 0 Å². The first-order valence-electron chi connectivity index (χ1n) is 7.63. The number of benzene rings is 1. The molecule has 0 aliphatic carbocycles. The minimum absolute atomic E-state index is 0.102. The Balaban J connectivity index is 2.12. The SMILES string of the molecule is CNC(=O)C1(NC(=O)Nc2ccc(F)cc2)CC=C(C(C)(C)C)S1. The van der Waals surface area contributed by atoms with Gasteiger partial charge in [-0.1, -0.05) is 38.6 Å². The van der Waals surface area contributed by atoms with E-state index in [0.29, 0.717) is 12.1 Å². The molecule has 1 aliphatic rings. The third-order valence-electron chi connectivity index (χ3n) is 3.61.